The Morgan fingerprint density at radius 3 is 2.73 bits per heavy atom. The van der Waals surface area contributed by atoms with Crippen LogP contribution >= 0.6 is 15.9 Å². The minimum atomic E-state index is -4.51. The molecule has 0 aromatic carbocycles. The second-order valence-electron chi connectivity index (χ2n) is 2.61. The molecule has 0 bridgehead atoms. The lowest BCUT2D eigenvalue weighted by molar-refractivity contribution is -0.141. The second-order valence-corrected chi connectivity index (χ2v) is 3.40. The number of H-pyrrole nitrogens is 1. The van der Waals surface area contributed by atoms with Crippen molar-refractivity contribution in [3.63, 3.8) is 0 Å². The molecule has 0 unspecified atom stereocenters. The SMILES string of the molecule is O=C(NCCBr)c1cc(C(F)(F)F)[nH]n1. The first-order valence-electron chi connectivity index (χ1n) is 3.92. The van der Waals surface area contributed by atoms with E-state index in [9.17, 15) is 18.0 Å². The molecule has 1 amide bonds. The molecule has 1 aromatic rings. The van der Waals surface area contributed by atoms with Crippen LogP contribution in [0.4, 0.5) is 13.2 Å². The molecule has 8 heteroatoms. The summed E-state index contributed by atoms with van der Waals surface area (Å²) < 4.78 is 36.3. The van der Waals surface area contributed by atoms with Gasteiger partial charge in [0.1, 0.15) is 5.69 Å². The van der Waals surface area contributed by atoms with Gasteiger partial charge in [0.25, 0.3) is 5.91 Å². The number of aromatic amines is 1. The van der Waals surface area contributed by atoms with E-state index in [4.69, 9.17) is 0 Å². The molecule has 4 nitrogen and oxygen atoms in total. The van der Waals surface area contributed by atoms with Gasteiger partial charge in [0.2, 0.25) is 0 Å². The van der Waals surface area contributed by atoms with Crippen molar-refractivity contribution < 1.29 is 18.0 Å². The first-order valence-corrected chi connectivity index (χ1v) is 5.04. The molecule has 15 heavy (non-hydrogen) atoms. The van der Waals surface area contributed by atoms with E-state index in [2.05, 4.69) is 26.3 Å². The number of aromatic nitrogens is 2. The fourth-order valence-electron chi connectivity index (χ4n) is 0.835. The van der Waals surface area contributed by atoms with Crippen molar-refractivity contribution in [2.75, 3.05) is 11.9 Å². The van der Waals surface area contributed by atoms with Crippen LogP contribution in [0.1, 0.15) is 16.2 Å². The van der Waals surface area contributed by atoms with Gasteiger partial charge in [-0.25, -0.2) is 0 Å². The molecule has 2 N–H and O–H groups in total. The molecule has 1 heterocycles. The van der Waals surface area contributed by atoms with E-state index in [-0.39, 0.29) is 5.69 Å². The summed E-state index contributed by atoms with van der Waals surface area (Å²) in [6.07, 6.45) is -4.51. The van der Waals surface area contributed by atoms with Gasteiger partial charge >= 0.3 is 6.18 Å². The molecule has 0 radical (unpaired) electrons. The Kier molecular flexibility index (Phi) is 3.72. The average molecular weight is 286 g/mol. The number of carbonyl (C=O) groups is 1. The van der Waals surface area contributed by atoms with E-state index >= 15 is 0 Å². The van der Waals surface area contributed by atoms with Crippen LogP contribution in [-0.2, 0) is 6.18 Å². The highest BCUT2D eigenvalue weighted by Crippen LogP contribution is 2.27. The number of hydrogen-bond acceptors (Lipinski definition) is 2. The van der Waals surface area contributed by atoms with Crippen LogP contribution in [0.15, 0.2) is 6.07 Å². The molecule has 0 saturated carbocycles. The summed E-state index contributed by atoms with van der Waals surface area (Å²) in [5.41, 5.74) is -1.31. The van der Waals surface area contributed by atoms with Crippen LogP contribution in [0.25, 0.3) is 0 Å². The van der Waals surface area contributed by atoms with Gasteiger partial charge in [-0.3, -0.25) is 9.89 Å². The van der Waals surface area contributed by atoms with Crippen molar-refractivity contribution in [3.8, 4) is 0 Å². The molecule has 0 aliphatic rings. The first kappa shape index (κ1) is 12.0. The van der Waals surface area contributed by atoms with Crippen molar-refractivity contribution in [1.29, 1.82) is 0 Å². The number of hydrogen-bond donors (Lipinski definition) is 2. The van der Waals surface area contributed by atoms with Crippen molar-refractivity contribution in [2.45, 2.75) is 6.18 Å². The van der Waals surface area contributed by atoms with Gasteiger partial charge in [0, 0.05) is 17.9 Å². The van der Waals surface area contributed by atoms with Gasteiger partial charge in [-0.15, -0.1) is 0 Å². The van der Waals surface area contributed by atoms with Gasteiger partial charge in [-0.05, 0) is 0 Å². The zero-order chi connectivity index (χ0) is 11.5. The maximum Gasteiger partial charge on any atom is 0.432 e. The van der Waals surface area contributed by atoms with E-state index in [1.165, 1.54) is 0 Å². The number of carbonyl (C=O) groups excluding carboxylic acids is 1. The molecule has 84 valence electrons. The lowest BCUT2D eigenvalue weighted by Gasteiger charge is -2.00. The minimum Gasteiger partial charge on any atom is -0.350 e. The standard InChI is InChI=1S/C7H7BrF3N3O/c8-1-2-12-6(15)4-3-5(14-13-4)7(9,10)11/h3H,1-2H2,(H,12,15)(H,13,14). The molecule has 0 atom stereocenters. The highest BCUT2D eigenvalue weighted by molar-refractivity contribution is 9.09. The Morgan fingerprint density at radius 2 is 2.27 bits per heavy atom. The summed E-state index contributed by atoms with van der Waals surface area (Å²) in [6.45, 7) is 0.326. The van der Waals surface area contributed by atoms with Crippen molar-refractivity contribution in [2.24, 2.45) is 0 Å². The number of amides is 1. The maximum absolute atomic E-state index is 12.1. The maximum atomic E-state index is 12.1. The second kappa shape index (κ2) is 4.65. The third-order valence-electron chi connectivity index (χ3n) is 1.50. The summed E-state index contributed by atoms with van der Waals surface area (Å²) >= 11 is 3.06. The topological polar surface area (TPSA) is 57.8 Å². The average Bonchev–Trinajstić information content (AvgIpc) is 2.62. The quantitative estimate of drug-likeness (QED) is 0.828. The zero-order valence-corrected chi connectivity index (χ0v) is 8.94. The molecular formula is C7H7BrF3N3O. The Balaban J connectivity index is 2.72. The van der Waals surface area contributed by atoms with Crippen molar-refractivity contribution >= 4 is 21.8 Å². The third-order valence-corrected chi connectivity index (χ3v) is 1.89. The van der Waals surface area contributed by atoms with Crippen LogP contribution in [-0.4, -0.2) is 28.0 Å². The van der Waals surface area contributed by atoms with Gasteiger partial charge < -0.3 is 5.32 Å². The highest BCUT2D eigenvalue weighted by Gasteiger charge is 2.33. The predicted octanol–water partition coefficient (Wildman–Crippen LogP) is 1.55. The van der Waals surface area contributed by atoms with Crippen LogP contribution < -0.4 is 5.32 Å². The Bertz CT molecular complexity index is 349. The van der Waals surface area contributed by atoms with E-state index in [1.807, 2.05) is 0 Å². The molecule has 0 spiro atoms. The normalized spacial score (nSPS) is 11.5. The molecular weight excluding hydrogens is 279 g/mol. The molecule has 1 rings (SSSR count). The predicted molar refractivity (Wildman–Crippen MR) is 49.7 cm³/mol. The third kappa shape index (κ3) is 3.22. The van der Waals surface area contributed by atoms with Crippen molar-refractivity contribution in [3.05, 3.63) is 17.5 Å². The molecule has 0 aliphatic heterocycles. The zero-order valence-electron chi connectivity index (χ0n) is 7.36. The number of halogens is 4. The van der Waals surface area contributed by atoms with E-state index < -0.39 is 17.8 Å². The summed E-state index contributed by atoms with van der Waals surface area (Å²) in [6, 6.07) is 0.670. The number of nitrogens with one attached hydrogen (secondary N) is 2. The van der Waals surface area contributed by atoms with Gasteiger partial charge in [-0.2, -0.15) is 18.3 Å². The lowest BCUT2D eigenvalue weighted by Crippen LogP contribution is -2.25. The summed E-state index contributed by atoms with van der Waals surface area (Å²) in [5, 5.41) is 7.92. The molecule has 0 aliphatic carbocycles. The van der Waals surface area contributed by atoms with Gasteiger partial charge in [0.05, 0.1) is 0 Å². The Morgan fingerprint density at radius 1 is 1.60 bits per heavy atom. The van der Waals surface area contributed by atoms with E-state index in [0.717, 1.165) is 0 Å². The smallest absolute Gasteiger partial charge is 0.350 e. The number of nitrogens with zero attached hydrogens (tertiary/aromatic N) is 1. The Hall–Kier alpha value is -1.05. The van der Waals surface area contributed by atoms with Crippen LogP contribution in [0.2, 0.25) is 0 Å². The number of alkyl halides is 4. The molecule has 1 aromatic heterocycles. The summed E-state index contributed by atoms with van der Waals surface area (Å²) in [4.78, 5) is 11.2. The Labute approximate surface area is 91.4 Å². The minimum absolute atomic E-state index is 0.275. The van der Waals surface area contributed by atoms with Crippen LogP contribution in [0.5, 0.6) is 0 Å². The van der Waals surface area contributed by atoms with Crippen LogP contribution in [0, 0.1) is 0 Å². The monoisotopic (exact) mass is 285 g/mol. The van der Waals surface area contributed by atoms with Crippen molar-refractivity contribution in [1.82, 2.24) is 15.5 Å². The van der Waals surface area contributed by atoms with E-state index in [1.54, 1.807) is 5.10 Å². The fourth-order valence-corrected chi connectivity index (χ4v) is 1.03. The first-order chi connectivity index (χ1) is 6.95. The molecule has 0 saturated heterocycles. The number of rotatable bonds is 3. The summed E-state index contributed by atoms with van der Waals surface area (Å²) in [5.74, 6) is -0.638. The van der Waals surface area contributed by atoms with Gasteiger partial charge in [-0.1, -0.05) is 15.9 Å². The van der Waals surface area contributed by atoms with Gasteiger partial charge in [0.15, 0.2) is 5.69 Å². The fraction of sp³-hybridized carbons (Fsp3) is 0.429. The van der Waals surface area contributed by atoms with E-state index in [0.29, 0.717) is 17.9 Å². The summed E-state index contributed by atoms with van der Waals surface area (Å²) in [7, 11) is 0. The molecule has 0 fully saturated rings. The lowest BCUT2D eigenvalue weighted by atomic mass is 10.3. The largest absolute Gasteiger partial charge is 0.432 e. The van der Waals surface area contributed by atoms with Crippen LogP contribution in [0.3, 0.4) is 0 Å². The highest BCUT2D eigenvalue weighted by atomic mass is 79.9.